The summed E-state index contributed by atoms with van der Waals surface area (Å²) in [6.07, 6.45) is 2.31. The van der Waals surface area contributed by atoms with E-state index in [9.17, 15) is 22.0 Å². The number of halogens is 2. The van der Waals surface area contributed by atoms with Crippen LogP contribution in [0.25, 0.3) is 0 Å². The van der Waals surface area contributed by atoms with E-state index in [0.717, 1.165) is 6.42 Å². The number of carbonyl (C=O) groups excluding carboxylic acids is 1. The molecule has 1 N–H and O–H groups in total. The molecule has 0 bridgehead atoms. The predicted molar refractivity (Wildman–Crippen MR) is 72.4 cm³/mol. The Labute approximate surface area is 123 Å². The lowest BCUT2D eigenvalue weighted by molar-refractivity contribution is -0.164. The average molecular weight is 328 g/mol. The molecule has 0 radical (unpaired) electrons. The molecule has 1 aliphatic rings. The third-order valence-corrected chi connectivity index (χ3v) is 4.99. The zero-order valence-electron chi connectivity index (χ0n) is 12.7. The summed E-state index contributed by atoms with van der Waals surface area (Å²) in [4.78, 5) is 11.2. The Bertz CT molecular complexity index is 509. The van der Waals surface area contributed by atoms with E-state index in [0.29, 0.717) is 18.8 Å². The molecule has 1 saturated carbocycles. The maximum Gasteiger partial charge on any atom is 0.465 e. The fourth-order valence-corrected chi connectivity index (χ4v) is 2.89. The molecule has 2 unspecified atom stereocenters. The second-order valence-corrected chi connectivity index (χ2v) is 8.65. The van der Waals surface area contributed by atoms with Gasteiger partial charge in [0.2, 0.25) is 0 Å². The molecule has 1 aliphatic carbocycles. The first kappa shape index (κ1) is 18.3. The molecule has 0 aromatic rings. The van der Waals surface area contributed by atoms with Gasteiger partial charge < -0.3 is 4.74 Å². The highest BCUT2D eigenvalue weighted by molar-refractivity contribution is 7.87. The Morgan fingerprint density at radius 1 is 1.38 bits per heavy atom. The topological polar surface area (TPSA) is 80.7 Å². The highest BCUT2D eigenvalue weighted by atomic mass is 32.2. The van der Waals surface area contributed by atoms with Crippen molar-refractivity contribution in [3.8, 4) is 0 Å². The van der Waals surface area contributed by atoms with Crippen LogP contribution in [0.3, 0.4) is 0 Å². The summed E-state index contributed by atoms with van der Waals surface area (Å²) in [5.74, 6) is -1.85. The van der Waals surface area contributed by atoms with Crippen LogP contribution >= 0.6 is 0 Å². The quantitative estimate of drug-likeness (QED) is 0.634. The minimum atomic E-state index is -5.81. The Kier molecular flexibility index (Phi) is 4.76. The molecule has 21 heavy (non-hydrogen) atoms. The van der Waals surface area contributed by atoms with Crippen LogP contribution in [0.15, 0.2) is 0 Å². The Morgan fingerprint density at radius 2 is 1.90 bits per heavy atom. The lowest BCUT2D eigenvalue weighted by Gasteiger charge is -2.30. The summed E-state index contributed by atoms with van der Waals surface area (Å²) in [5.41, 5.74) is -0.386. The van der Waals surface area contributed by atoms with Crippen molar-refractivity contribution in [1.82, 2.24) is 0 Å². The number of hydrogen-bond donors (Lipinski definition) is 1. The summed E-state index contributed by atoms with van der Waals surface area (Å²) < 4.78 is 59.9. The molecule has 0 aromatic carbocycles. The van der Waals surface area contributed by atoms with E-state index in [2.05, 4.69) is 25.5 Å². The molecular formula is C13H22F2O5S. The van der Waals surface area contributed by atoms with Crippen LogP contribution in [0.5, 0.6) is 0 Å². The molecule has 1 rings (SSSR count). The van der Waals surface area contributed by atoms with Gasteiger partial charge in [0.1, 0.15) is 0 Å². The van der Waals surface area contributed by atoms with Crippen molar-refractivity contribution in [2.45, 2.75) is 52.2 Å². The van der Waals surface area contributed by atoms with Gasteiger partial charge in [0, 0.05) is 5.41 Å². The van der Waals surface area contributed by atoms with Crippen LogP contribution in [-0.2, 0) is 19.6 Å². The van der Waals surface area contributed by atoms with Crippen LogP contribution in [0, 0.1) is 16.7 Å². The van der Waals surface area contributed by atoms with Gasteiger partial charge in [-0.1, -0.05) is 27.7 Å². The third kappa shape index (κ3) is 4.12. The van der Waals surface area contributed by atoms with E-state index in [1.807, 2.05) is 6.92 Å². The van der Waals surface area contributed by atoms with Gasteiger partial charge in [0.15, 0.2) is 0 Å². The van der Waals surface area contributed by atoms with E-state index >= 15 is 0 Å². The largest absolute Gasteiger partial charge is 0.465 e. The SMILES string of the molecule is CC1(COC(=O)C(F)(F)S(=O)(=O)O)CCC(C(C)(C)C)C1. The minimum absolute atomic E-state index is 0.0696. The fraction of sp³-hybridized carbons (Fsp3) is 0.923. The summed E-state index contributed by atoms with van der Waals surface area (Å²) in [6.45, 7) is 7.78. The lowest BCUT2D eigenvalue weighted by Crippen LogP contribution is -2.40. The molecule has 0 spiro atoms. The van der Waals surface area contributed by atoms with Gasteiger partial charge in [-0.05, 0) is 30.6 Å². The van der Waals surface area contributed by atoms with E-state index in [-0.39, 0.29) is 12.0 Å². The number of ether oxygens (including phenoxy) is 1. The van der Waals surface area contributed by atoms with E-state index < -0.39 is 26.8 Å². The van der Waals surface area contributed by atoms with Crippen molar-refractivity contribution < 1.29 is 31.3 Å². The number of carbonyl (C=O) groups is 1. The Morgan fingerprint density at radius 3 is 2.29 bits per heavy atom. The molecule has 0 aliphatic heterocycles. The van der Waals surface area contributed by atoms with Crippen molar-refractivity contribution in [2.75, 3.05) is 6.61 Å². The van der Waals surface area contributed by atoms with Crippen LogP contribution in [-0.4, -0.2) is 30.8 Å². The zero-order valence-corrected chi connectivity index (χ0v) is 13.5. The maximum absolute atomic E-state index is 13.1. The monoisotopic (exact) mass is 328 g/mol. The number of hydrogen-bond acceptors (Lipinski definition) is 4. The molecule has 5 nitrogen and oxygen atoms in total. The molecule has 124 valence electrons. The van der Waals surface area contributed by atoms with Gasteiger partial charge in [-0.25, -0.2) is 4.79 Å². The summed E-state index contributed by atoms with van der Waals surface area (Å²) in [7, 11) is -5.81. The molecular weight excluding hydrogens is 306 g/mol. The number of esters is 1. The lowest BCUT2D eigenvalue weighted by atomic mass is 9.77. The zero-order chi connectivity index (χ0) is 16.7. The van der Waals surface area contributed by atoms with Gasteiger partial charge in [-0.3, -0.25) is 4.55 Å². The maximum atomic E-state index is 13.1. The first-order valence-corrected chi connectivity index (χ1v) is 8.15. The molecule has 0 amide bonds. The standard InChI is InChI=1S/C13H22F2O5S/c1-11(2,3)9-5-6-12(4,7-9)8-20-10(16)13(14,15)21(17,18)19/h9H,5-8H2,1-4H3,(H,17,18,19). The highest BCUT2D eigenvalue weighted by Gasteiger charge is 2.54. The van der Waals surface area contributed by atoms with Crippen molar-refractivity contribution in [3.05, 3.63) is 0 Å². The molecule has 0 aromatic heterocycles. The smallest absolute Gasteiger partial charge is 0.460 e. The van der Waals surface area contributed by atoms with Gasteiger partial charge in [0.25, 0.3) is 0 Å². The van der Waals surface area contributed by atoms with Gasteiger partial charge >= 0.3 is 21.3 Å². The van der Waals surface area contributed by atoms with Crippen molar-refractivity contribution >= 4 is 16.1 Å². The second kappa shape index (κ2) is 5.46. The van der Waals surface area contributed by atoms with E-state index in [4.69, 9.17) is 4.55 Å². The van der Waals surface area contributed by atoms with Crippen LogP contribution < -0.4 is 0 Å². The average Bonchev–Trinajstić information content (AvgIpc) is 2.67. The highest BCUT2D eigenvalue weighted by Crippen LogP contribution is 2.48. The molecule has 0 saturated heterocycles. The van der Waals surface area contributed by atoms with Gasteiger partial charge in [0.05, 0.1) is 6.61 Å². The predicted octanol–water partition coefficient (Wildman–Crippen LogP) is 2.86. The Hall–Kier alpha value is -0.760. The summed E-state index contributed by atoms with van der Waals surface area (Å²) >= 11 is 0. The summed E-state index contributed by atoms with van der Waals surface area (Å²) in [5, 5.41) is -4.93. The van der Waals surface area contributed by atoms with E-state index in [1.165, 1.54) is 0 Å². The third-order valence-electron chi connectivity index (χ3n) is 4.17. The second-order valence-electron chi connectivity index (χ2n) is 7.18. The first-order valence-electron chi connectivity index (χ1n) is 6.71. The first-order chi connectivity index (χ1) is 9.19. The minimum Gasteiger partial charge on any atom is -0.460 e. The molecule has 2 atom stereocenters. The molecule has 0 heterocycles. The van der Waals surface area contributed by atoms with Crippen molar-refractivity contribution in [1.29, 1.82) is 0 Å². The van der Waals surface area contributed by atoms with Gasteiger partial charge in [-0.15, -0.1) is 0 Å². The number of alkyl halides is 2. The van der Waals surface area contributed by atoms with Crippen LogP contribution in [0.1, 0.15) is 47.0 Å². The Balaban J connectivity index is 2.67. The van der Waals surface area contributed by atoms with Crippen molar-refractivity contribution in [3.63, 3.8) is 0 Å². The molecule has 8 heteroatoms. The van der Waals surface area contributed by atoms with Gasteiger partial charge in [-0.2, -0.15) is 17.2 Å². The summed E-state index contributed by atoms with van der Waals surface area (Å²) in [6, 6.07) is 0. The normalized spacial score (nSPS) is 27.7. The van der Waals surface area contributed by atoms with Crippen LogP contribution in [0.2, 0.25) is 0 Å². The van der Waals surface area contributed by atoms with E-state index in [1.54, 1.807) is 0 Å². The van der Waals surface area contributed by atoms with Crippen LogP contribution in [0.4, 0.5) is 8.78 Å². The fourth-order valence-electron chi connectivity index (χ4n) is 2.62. The number of rotatable bonds is 4. The molecule has 1 fully saturated rings. The van der Waals surface area contributed by atoms with Crippen molar-refractivity contribution in [2.24, 2.45) is 16.7 Å².